The smallest absolute Gasteiger partial charge is 0.252 e. The highest BCUT2D eigenvalue weighted by atomic mass is 32.2. The number of anilines is 1. The molecule has 0 spiro atoms. The van der Waals surface area contributed by atoms with Gasteiger partial charge in [0.2, 0.25) is 10.0 Å². The number of hydrogen-bond donors (Lipinski definition) is 1. The lowest BCUT2D eigenvalue weighted by molar-refractivity contribution is 0.0898. The summed E-state index contributed by atoms with van der Waals surface area (Å²) in [5.41, 5.74) is 1.11. The lowest BCUT2D eigenvalue weighted by Gasteiger charge is -2.32. The van der Waals surface area contributed by atoms with Crippen molar-refractivity contribution in [1.82, 2.24) is 5.32 Å². The van der Waals surface area contributed by atoms with E-state index in [1.807, 2.05) is 6.07 Å². The summed E-state index contributed by atoms with van der Waals surface area (Å²) in [7, 11) is -3.34. The zero-order valence-electron chi connectivity index (χ0n) is 16.2. The number of rotatable bonds is 4. The Bertz CT molecular complexity index is 1020. The molecule has 0 aromatic heterocycles. The minimum absolute atomic E-state index is 0.131. The second-order valence-corrected chi connectivity index (χ2v) is 9.91. The average Bonchev–Trinajstić information content (AvgIpc) is 3.17. The van der Waals surface area contributed by atoms with Crippen molar-refractivity contribution in [2.24, 2.45) is 0 Å². The minimum Gasteiger partial charge on any atom is -0.343 e. The van der Waals surface area contributed by atoms with Gasteiger partial charge < -0.3 is 5.32 Å². The van der Waals surface area contributed by atoms with Crippen LogP contribution in [0.2, 0.25) is 0 Å². The Morgan fingerprint density at radius 3 is 2.48 bits per heavy atom. The van der Waals surface area contributed by atoms with Crippen molar-refractivity contribution in [2.45, 2.75) is 44.1 Å². The van der Waals surface area contributed by atoms with E-state index in [0.29, 0.717) is 24.2 Å². The van der Waals surface area contributed by atoms with Crippen LogP contribution in [0, 0.1) is 5.82 Å². The fourth-order valence-electron chi connectivity index (χ4n) is 4.42. The maximum Gasteiger partial charge on any atom is 0.252 e. The number of nitrogens with one attached hydrogen (secondary N) is 1. The molecule has 7 heteroatoms. The Labute approximate surface area is 171 Å². The molecule has 2 aromatic rings. The number of halogens is 1. The summed E-state index contributed by atoms with van der Waals surface area (Å²) in [5, 5.41) is 3.13. The van der Waals surface area contributed by atoms with Crippen LogP contribution in [0.25, 0.3) is 0 Å². The van der Waals surface area contributed by atoms with E-state index in [9.17, 15) is 17.6 Å². The van der Waals surface area contributed by atoms with Crippen molar-refractivity contribution in [2.75, 3.05) is 16.6 Å². The first-order chi connectivity index (χ1) is 13.9. The van der Waals surface area contributed by atoms with Gasteiger partial charge in [0, 0.05) is 12.1 Å². The Hall–Kier alpha value is -2.41. The zero-order chi connectivity index (χ0) is 20.5. The fourth-order valence-corrected chi connectivity index (χ4v) is 6.05. The predicted molar refractivity (Wildman–Crippen MR) is 111 cm³/mol. The first-order valence-corrected chi connectivity index (χ1v) is 11.7. The molecule has 0 unspecified atom stereocenters. The molecule has 2 aromatic carbocycles. The van der Waals surface area contributed by atoms with Crippen LogP contribution in [0.4, 0.5) is 10.1 Å². The number of nitrogens with zero attached hydrogens (tertiary/aromatic N) is 1. The predicted octanol–water partition coefficient (Wildman–Crippen LogP) is 3.96. The maximum absolute atomic E-state index is 13.8. The van der Waals surface area contributed by atoms with Crippen LogP contribution < -0.4 is 9.62 Å². The van der Waals surface area contributed by atoms with E-state index in [1.165, 1.54) is 16.4 Å². The van der Waals surface area contributed by atoms with Crippen molar-refractivity contribution in [3.63, 3.8) is 0 Å². The summed E-state index contributed by atoms with van der Waals surface area (Å²) in [6.45, 7) is 0.431. The van der Waals surface area contributed by atoms with Crippen LogP contribution in [0.5, 0.6) is 0 Å². The van der Waals surface area contributed by atoms with E-state index in [0.717, 1.165) is 37.7 Å². The summed E-state index contributed by atoms with van der Waals surface area (Å²) in [6.07, 6.45) is 4.89. The molecular formula is C22H25FN2O3S. The summed E-state index contributed by atoms with van der Waals surface area (Å²) < 4.78 is 40.0. The van der Waals surface area contributed by atoms with Gasteiger partial charge in [-0.2, -0.15) is 0 Å². The van der Waals surface area contributed by atoms with Crippen molar-refractivity contribution in [3.8, 4) is 0 Å². The van der Waals surface area contributed by atoms with Gasteiger partial charge in [0.1, 0.15) is 5.82 Å². The number of hydrogen-bond acceptors (Lipinski definition) is 3. The van der Waals surface area contributed by atoms with Gasteiger partial charge in [0.05, 0.1) is 17.0 Å². The second-order valence-electron chi connectivity index (χ2n) is 7.90. The highest BCUT2D eigenvalue weighted by molar-refractivity contribution is 7.92. The highest BCUT2D eigenvalue weighted by Gasteiger charge is 2.37. The molecule has 0 bridgehead atoms. The largest absolute Gasteiger partial charge is 0.343 e. The molecule has 0 radical (unpaired) electrons. The molecular weight excluding hydrogens is 391 g/mol. The van der Waals surface area contributed by atoms with E-state index < -0.39 is 15.6 Å². The number of carbonyl (C=O) groups excluding carboxylic acids is 1. The molecule has 1 aliphatic heterocycles. The van der Waals surface area contributed by atoms with E-state index >= 15 is 0 Å². The van der Waals surface area contributed by atoms with Gasteiger partial charge in [-0.05, 0) is 61.6 Å². The van der Waals surface area contributed by atoms with Crippen molar-refractivity contribution < 1.29 is 17.6 Å². The SMILES string of the molecule is O=C(NC1(c2cccc(F)c2)CCCC1)c1cccc(N2CCCCS2(=O)=O)c1. The standard InChI is InChI=1S/C22H25FN2O3S/c23-19-9-6-8-18(16-19)22(11-1-2-12-22)24-21(26)17-7-5-10-20(15-17)25-13-3-4-14-29(25,27)28/h5-10,15-16H,1-4,11-14H2,(H,24,26). The van der Waals surface area contributed by atoms with Crippen LogP contribution >= 0.6 is 0 Å². The van der Waals surface area contributed by atoms with Crippen molar-refractivity contribution in [3.05, 3.63) is 65.5 Å². The molecule has 1 saturated carbocycles. The number of amides is 1. The van der Waals surface area contributed by atoms with Gasteiger partial charge in [-0.25, -0.2) is 12.8 Å². The van der Waals surface area contributed by atoms with Crippen LogP contribution in [0.1, 0.15) is 54.4 Å². The van der Waals surface area contributed by atoms with Crippen molar-refractivity contribution >= 4 is 21.6 Å². The van der Waals surface area contributed by atoms with Crippen LogP contribution in [-0.4, -0.2) is 26.6 Å². The van der Waals surface area contributed by atoms with E-state index in [1.54, 1.807) is 30.3 Å². The molecule has 1 aliphatic carbocycles. The third kappa shape index (κ3) is 4.01. The molecule has 1 saturated heterocycles. The minimum atomic E-state index is -3.34. The van der Waals surface area contributed by atoms with Crippen LogP contribution in [0.3, 0.4) is 0 Å². The first kappa shape index (κ1) is 19.9. The molecule has 29 heavy (non-hydrogen) atoms. The van der Waals surface area contributed by atoms with Gasteiger partial charge in [0.15, 0.2) is 0 Å². The fraction of sp³-hybridized carbons (Fsp3) is 0.409. The topological polar surface area (TPSA) is 66.5 Å². The lowest BCUT2D eigenvalue weighted by atomic mass is 9.87. The van der Waals surface area contributed by atoms with Gasteiger partial charge in [-0.15, -0.1) is 0 Å². The van der Waals surface area contributed by atoms with Crippen molar-refractivity contribution in [1.29, 1.82) is 0 Å². The first-order valence-electron chi connectivity index (χ1n) is 10.1. The third-order valence-electron chi connectivity index (χ3n) is 5.93. The van der Waals surface area contributed by atoms with Gasteiger partial charge in [0.25, 0.3) is 5.91 Å². The number of benzene rings is 2. The van der Waals surface area contributed by atoms with E-state index in [2.05, 4.69) is 5.32 Å². The van der Waals surface area contributed by atoms with E-state index in [-0.39, 0.29) is 17.5 Å². The summed E-state index contributed by atoms with van der Waals surface area (Å²) in [5.74, 6) is -0.459. The molecule has 1 heterocycles. The Morgan fingerprint density at radius 2 is 1.76 bits per heavy atom. The van der Waals surface area contributed by atoms with Gasteiger partial charge in [-0.3, -0.25) is 9.10 Å². The van der Waals surface area contributed by atoms with Crippen LogP contribution in [0.15, 0.2) is 48.5 Å². The molecule has 1 amide bonds. The Balaban J connectivity index is 1.61. The highest BCUT2D eigenvalue weighted by Crippen LogP contribution is 2.39. The molecule has 0 atom stereocenters. The normalized spacial score (nSPS) is 20.4. The Morgan fingerprint density at radius 1 is 1.00 bits per heavy atom. The zero-order valence-corrected chi connectivity index (χ0v) is 17.1. The third-order valence-corrected chi connectivity index (χ3v) is 7.80. The molecule has 4 rings (SSSR count). The lowest BCUT2D eigenvalue weighted by Crippen LogP contribution is -2.44. The Kier molecular flexibility index (Phi) is 5.34. The monoisotopic (exact) mass is 416 g/mol. The summed E-state index contributed by atoms with van der Waals surface area (Å²) in [6, 6.07) is 13.1. The maximum atomic E-state index is 13.8. The summed E-state index contributed by atoms with van der Waals surface area (Å²) >= 11 is 0. The van der Waals surface area contributed by atoms with Gasteiger partial charge in [-0.1, -0.05) is 31.0 Å². The number of sulfonamides is 1. The molecule has 1 N–H and O–H groups in total. The summed E-state index contributed by atoms with van der Waals surface area (Å²) in [4.78, 5) is 13.1. The molecule has 154 valence electrons. The quantitative estimate of drug-likeness (QED) is 0.821. The number of carbonyl (C=O) groups is 1. The molecule has 2 aliphatic rings. The van der Waals surface area contributed by atoms with Crippen LogP contribution in [-0.2, 0) is 15.6 Å². The van der Waals surface area contributed by atoms with Gasteiger partial charge >= 0.3 is 0 Å². The average molecular weight is 417 g/mol. The molecule has 5 nitrogen and oxygen atoms in total. The molecule has 2 fully saturated rings. The second kappa shape index (κ2) is 7.78. The van der Waals surface area contributed by atoms with E-state index in [4.69, 9.17) is 0 Å².